The van der Waals surface area contributed by atoms with Gasteiger partial charge < -0.3 is 19.5 Å². The lowest BCUT2D eigenvalue weighted by Gasteiger charge is -2.38. The number of carbonyl (C=O) groups excluding carboxylic acids is 1. The zero-order valence-electron chi connectivity index (χ0n) is 17.2. The predicted molar refractivity (Wildman–Crippen MR) is 116 cm³/mol. The lowest BCUT2D eigenvalue weighted by molar-refractivity contribution is 0.181. The minimum absolute atomic E-state index is 0.0911. The number of aromatic nitrogens is 1. The van der Waals surface area contributed by atoms with E-state index in [2.05, 4.69) is 60.3 Å². The summed E-state index contributed by atoms with van der Waals surface area (Å²) in [4.78, 5) is 15.2. The van der Waals surface area contributed by atoms with E-state index in [0.29, 0.717) is 13.2 Å². The molecule has 0 saturated heterocycles. The molecular formula is C24H27N3O2. The summed E-state index contributed by atoms with van der Waals surface area (Å²) in [6.07, 6.45) is 2.09. The van der Waals surface area contributed by atoms with Gasteiger partial charge in [0.1, 0.15) is 5.75 Å². The van der Waals surface area contributed by atoms with Crippen molar-refractivity contribution in [2.45, 2.75) is 33.4 Å². The maximum absolute atomic E-state index is 13.2. The topological polar surface area (TPSA) is 46.5 Å². The molecule has 4 rings (SSSR count). The van der Waals surface area contributed by atoms with Crippen molar-refractivity contribution in [1.29, 1.82) is 0 Å². The Morgan fingerprint density at radius 3 is 2.62 bits per heavy atom. The second kappa shape index (κ2) is 8.03. The fourth-order valence-electron chi connectivity index (χ4n) is 4.06. The summed E-state index contributed by atoms with van der Waals surface area (Å²) in [5.74, 6) is 0.800. The van der Waals surface area contributed by atoms with Gasteiger partial charge in [-0.1, -0.05) is 23.8 Å². The fraction of sp³-hybridized carbons (Fsp3) is 0.292. The zero-order chi connectivity index (χ0) is 20.4. The zero-order valence-corrected chi connectivity index (χ0v) is 17.2. The first kappa shape index (κ1) is 19.1. The maximum atomic E-state index is 13.2. The molecular weight excluding hydrogens is 362 g/mol. The highest BCUT2D eigenvalue weighted by atomic mass is 16.5. The van der Waals surface area contributed by atoms with Crippen LogP contribution in [-0.2, 0) is 6.54 Å². The molecule has 1 aliphatic heterocycles. The number of hydrogen-bond donors (Lipinski definition) is 1. The van der Waals surface area contributed by atoms with Crippen LogP contribution in [0.4, 0.5) is 10.5 Å². The van der Waals surface area contributed by atoms with E-state index in [1.54, 1.807) is 0 Å². The van der Waals surface area contributed by atoms with Crippen LogP contribution in [0, 0.1) is 13.8 Å². The summed E-state index contributed by atoms with van der Waals surface area (Å²) in [6.45, 7) is 8.23. The lowest BCUT2D eigenvalue weighted by atomic mass is 9.94. The molecule has 5 heteroatoms. The summed E-state index contributed by atoms with van der Waals surface area (Å²) in [7, 11) is 0. The first-order valence-electron chi connectivity index (χ1n) is 10.1. The van der Waals surface area contributed by atoms with Crippen molar-refractivity contribution in [3.8, 4) is 5.75 Å². The molecule has 0 spiro atoms. The molecule has 29 heavy (non-hydrogen) atoms. The molecule has 1 unspecified atom stereocenters. The lowest BCUT2D eigenvalue weighted by Crippen LogP contribution is -2.44. The van der Waals surface area contributed by atoms with Gasteiger partial charge in [0.15, 0.2) is 0 Å². The van der Waals surface area contributed by atoms with Crippen molar-refractivity contribution in [3.05, 3.63) is 83.2 Å². The highest BCUT2D eigenvalue weighted by molar-refractivity contribution is 5.90. The fourth-order valence-corrected chi connectivity index (χ4v) is 4.06. The summed E-state index contributed by atoms with van der Waals surface area (Å²) in [5.41, 5.74) is 5.49. The van der Waals surface area contributed by atoms with E-state index in [1.807, 2.05) is 36.1 Å². The number of benzene rings is 2. The molecule has 1 aliphatic rings. The highest BCUT2D eigenvalue weighted by Crippen LogP contribution is 2.35. The van der Waals surface area contributed by atoms with Gasteiger partial charge in [0, 0.05) is 30.7 Å². The Labute approximate surface area is 171 Å². The number of amides is 2. The Hall–Kier alpha value is -3.21. The quantitative estimate of drug-likeness (QED) is 0.671. The first-order valence-corrected chi connectivity index (χ1v) is 10.1. The average Bonchev–Trinajstić information content (AvgIpc) is 3.18. The summed E-state index contributed by atoms with van der Waals surface area (Å²) < 4.78 is 7.72. The normalized spacial score (nSPS) is 15.7. The van der Waals surface area contributed by atoms with E-state index in [1.165, 1.54) is 11.1 Å². The van der Waals surface area contributed by atoms with Crippen molar-refractivity contribution in [2.24, 2.45) is 0 Å². The van der Waals surface area contributed by atoms with Crippen LogP contribution in [0.5, 0.6) is 5.75 Å². The maximum Gasteiger partial charge on any atom is 0.322 e. The molecule has 0 aliphatic carbocycles. The van der Waals surface area contributed by atoms with Crippen LogP contribution in [-0.4, -0.2) is 28.6 Å². The van der Waals surface area contributed by atoms with Gasteiger partial charge >= 0.3 is 6.03 Å². The second-order valence-corrected chi connectivity index (χ2v) is 7.47. The van der Waals surface area contributed by atoms with E-state index in [0.717, 1.165) is 29.2 Å². The second-order valence-electron chi connectivity index (χ2n) is 7.47. The van der Waals surface area contributed by atoms with Crippen LogP contribution in [0.25, 0.3) is 0 Å². The van der Waals surface area contributed by atoms with Crippen LogP contribution in [0.2, 0.25) is 0 Å². The number of hydrogen-bond acceptors (Lipinski definition) is 2. The number of fused-ring (bicyclic) bond motifs is 1. The summed E-state index contributed by atoms with van der Waals surface area (Å²) >= 11 is 0. The molecule has 150 valence electrons. The molecule has 5 nitrogen and oxygen atoms in total. The highest BCUT2D eigenvalue weighted by Gasteiger charge is 2.33. The summed E-state index contributed by atoms with van der Waals surface area (Å²) in [6, 6.07) is 17.9. The van der Waals surface area contributed by atoms with Crippen LogP contribution < -0.4 is 10.1 Å². The summed E-state index contributed by atoms with van der Waals surface area (Å²) in [5, 5.41) is 3.06. The van der Waals surface area contributed by atoms with Gasteiger partial charge in [0.05, 0.1) is 12.6 Å². The van der Waals surface area contributed by atoms with Crippen LogP contribution >= 0.6 is 0 Å². The molecule has 3 aromatic rings. The molecule has 0 radical (unpaired) electrons. The van der Waals surface area contributed by atoms with Gasteiger partial charge in [-0.25, -0.2) is 4.79 Å². The molecule has 0 saturated carbocycles. The number of nitrogens with zero attached hydrogens (tertiary/aromatic N) is 2. The number of anilines is 1. The van der Waals surface area contributed by atoms with E-state index < -0.39 is 0 Å². The Morgan fingerprint density at radius 1 is 1.10 bits per heavy atom. The Bertz CT molecular complexity index is 1010. The van der Waals surface area contributed by atoms with Crippen LogP contribution in [0.3, 0.4) is 0 Å². The van der Waals surface area contributed by atoms with E-state index in [4.69, 9.17) is 4.74 Å². The van der Waals surface area contributed by atoms with Gasteiger partial charge in [-0.05, 0) is 68.3 Å². The smallest absolute Gasteiger partial charge is 0.322 e. The number of ether oxygens (including phenoxy) is 1. The third kappa shape index (κ3) is 3.86. The van der Waals surface area contributed by atoms with Crippen molar-refractivity contribution < 1.29 is 9.53 Å². The van der Waals surface area contributed by atoms with E-state index in [9.17, 15) is 4.79 Å². The third-order valence-corrected chi connectivity index (χ3v) is 5.44. The SMILES string of the molecule is CCOc1ccc(NC(=O)N2CCn3cccc3C2c2ccc(C)cc2C)cc1. The molecule has 2 heterocycles. The Morgan fingerprint density at radius 2 is 1.90 bits per heavy atom. The van der Waals surface area contributed by atoms with Gasteiger partial charge in [-0.2, -0.15) is 0 Å². The van der Waals surface area contributed by atoms with Crippen LogP contribution in [0.15, 0.2) is 60.8 Å². The van der Waals surface area contributed by atoms with Gasteiger partial charge in [0.2, 0.25) is 0 Å². The molecule has 0 fully saturated rings. The van der Waals surface area contributed by atoms with Gasteiger partial charge in [-0.15, -0.1) is 0 Å². The van der Waals surface area contributed by atoms with Crippen molar-refractivity contribution in [3.63, 3.8) is 0 Å². The third-order valence-electron chi connectivity index (χ3n) is 5.44. The first-order chi connectivity index (χ1) is 14.1. The Kier molecular flexibility index (Phi) is 5.30. The predicted octanol–water partition coefficient (Wildman–Crippen LogP) is 5.14. The average molecular weight is 389 g/mol. The largest absolute Gasteiger partial charge is 0.494 e. The van der Waals surface area contributed by atoms with Crippen molar-refractivity contribution in [2.75, 3.05) is 18.5 Å². The monoisotopic (exact) mass is 389 g/mol. The number of aryl methyl sites for hydroxylation is 2. The van der Waals surface area contributed by atoms with Gasteiger partial charge in [0.25, 0.3) is 0 Å². The minimum atomic E-state index is -0.109. The molecule has 1 aromatic heterocycles. The number of rotatable bonds is 4. The number of nitrogens with one attached hydrogen (secondary N) is 1. The van der Waals surface area contributed by atoms with Crippen LogP contribution in [0.1, 0.15) is 35.3 Å². The molecule has 2 amide bonds. The van der Waals surface area contributed by atoms with Crippen molar-refractivity contribution >= 4 is 11.7 Å². The molecule has 1 N–H and O–H groups in total. The van der Waals surface area contributed by atoms with Crippen molar-refractivity contribution in [1.82, 2.24) is 9.47 Å². The molecule has 0 bridgehead atoms. The molecule has 2 aromatic carbocycles. The molecule has 1 atom stereocenters. The number of urea groups is 1. The standard InChI is InChI=1S/C24H27N3O2/c1-4-29-20-10-8-19(9-11-20)25-24(28)27-15-14-26-13-5-6-22(26)23(27)21-12-7-17(2)16-18(21)3/h5-13,16,23H,4,14-15H2,1-3H3,(H,25,28). The van der Waals surface area contributed by atoms with E-state index in [-0.39, 0.29) is 12.1 Å². The Balaban J connectivity index is 1.63. The van der Waals surface area contributed by atoms with E-state index >= 15 is 0 Å². The number of carbonyl (C=O) groups is 1. The van der Waals surface area contributed by atoms with Gasteiger partial charge in [-0.3, -0.25) is 0 Å². The minimum Gasteiger partial charge on any atom is -0.494 e.